The fourth-order valence-corrected chi connectivity index (χ4v) is 4.22. The topological polar surface area (TPSA) is 52.4 Å². The molecule has 0 atom stereocenters. The highest BCUT2D eigenvalue weighted by molar-refractivity contribution is 7.99. The van der Waals surface area contributed by atoms with Gasteiger partial charge in [0.1, 0.15) is 5.75 Å². The lowest BCUT2D eigenvalue weighted by Gasteiger charge is -2.28. The highest BCUT2D eigenvalue weighted by Gasteiger charge is 2.21. The molecule has 154 valence electrons. The van der Waals surface area contributed by atoms with Gasteiger partial charge in [0, 0.05) is 25.4 Å². The molecule has 0 saturated carbocycles. The van der Waals surface area contributed by atoms with E-state index in [1.807, 2.05) is 6.07 Å². The SMILES string of the molecule is CC(C)Cn1c(SCCOc2ccc3ccccc3c2)nnc1N1CCOCC1. The van der Waals surface area contributed by atoms with E-state index in [0.29, 0.717) is 12.5 Å². The maximum atomic E-state index is 5.97. The molecule has 0 aliphatic carbocycles. The molecule has 1 fully saturated rings. The van der Waals surface area contributed by atoms with Crippen molar-refractivity contribution in [2.45, 2.75) is 25.5 Å². The van der Waals surface area contributed by atoms with Gasteiger partial charge in [0.2, 0.25) is 5.95 Å². The van der Waals surface area contributed by atoms with Crippen molar-refractivity contribution in [1.29, 1.82) is 0 Å². The molecular weight excluding hydrogens is 384 g/mol. The van der Waals surface area contributed by atoms with Gasteiger partial charge in [-0.15, -0.1) is 10.2 Å². The van der Waals surface area contributed by atoms with Crippen LogP contribution in [-0.2, 0) is 11.3 Å². The lowest BCUT2D eigenvalue weighted by molar-refractivity contribution is 0.121. The van der Waals surface area contributed by atoms with Crippen molar-refractivity contribution in [2.24, 2.45) is 5.92 Å². The second-order valence-corrected chi connectivity index (χ2v) is 8.65. The minimum atomic E-state index is 0.527. The number of morpholine rings is 1. The van der Waals surface area contributed by atoms with Crippen LogP contribution in [0.2, 0.25) is 0 Å². The molecule has 0 amide bonds. The van der Waals surface area contributed by atoms with Gasteiger partial charge in [-0.3, -0.25) is 4.57 Å². The molecule has 0 radical (unpaired) electrons. The smallest absolute Gasteiger partial charge is 0.228 e. The molecule has 6 nitrogen and oxygen atoms in total. The van der Waals surface area contributed by atoms with Gasteiger partial charge in [0.15, 0.2) is 5.16 Å². The molecule has 0 bridgehead atoms. The van der Waals surface area contributed by atoms with Crippen LogP contribution in [0.25, 0.3) is 10.8 Å². The van der Waals surface area contributed by atoms with Crippen LogP contribution in [0, 0.1) is 5.92 Å². The Hall–Kier alpha value is -2.25. The van der Waals surface area contributed by atoms with E-state index >= 15 is 0 Å². The number of anilines is 1. The van der Waals surface area contributed by atoms with Gasteiger partial charge in [-0.1, -0.05) is 55.9 Å². The Morgan fingerprint density at radius 1 is 1.07 bits per heavy atom. The number of aromatic nitrogens is 3. The summed E-state index contributed by atoms with van der Waals surface area (Å²) < 4.78 is 13.7. The molecule has 1 saturated heterocycles. The number of ether oxygens (including phenoxy) is 2. The summed E-state index contributed by atoms with van der Waals surface area (Å²) in [6.45, 7) is 9.21. The van der Waals surface area contributed by atoms with Gasteiger partial charge >= 0.3 is 0 Å². The standard InChI is InChI=1S/C22H28N4O2S/c1-17(2)16-26-21(25-9-11-27-12-10-25)23-24-22(26)29-14-13-28-20-8-7-18-5-3-4-6-19(18)15-20/h3-8,15,17H,9-14,16H2,1-2H3. The van der Waals surface area contributed by atoms with Crippen molar-refractivity contribution in [2.75, 3.05) is 43.6 Å². The van der Waals surface area contributed by atoms with E-state index < -0.39 is 0 Å². The predicted octanol–water partition coefficient (Wildman–Crippen LogP) is 4.10. The normalized spacial score (nSPS) is 14.7. The van der Waals surface area contributed by atoms with E-state index in [0.717, 1.165) is 55.5 Å². The van der Waals surface area contributed by atoms with E-state index in [9.17, 15) is 0 Å². The molecule has 1 aliphatic rings. The second-order valence-electron chi connectivity index (χ2n) is 7.59. The lowest BCUT2D eigenvalue weighted by Crippen LogP contribution is -2.38. The zero-order valence-corrected chi connectivity index (χ0v) is 17.9. The second kappa shape index (κ2) is 9.50. The van der Waals surface area contributed by atoms with Gasteiger partial charge < -0.3 is 14.4 Å². The number of fused-ring (bicyclic) bond motifs is 1. The molecule has 2 heterocycles. The summed E-state index contributed by atoms with van der Waals surface area (Å²) in [6, 6.07) is 14.6. The summed E-state index contributed by atoms with van der Waals surface area (Å²) in [5.74, 6) is 3.22. The lowest BCUT2D eigenvalue weighted by atomic mass is 10.1. The summed E-state index contributed by atoms with van der Waals surface area (Å²) in [5, 5.41) is 12.3. The molecule has 7 heteroatoms. The van der Waals surface area contributed by atoms with Crippen molar-refractivity contribution in [3.63, 3.8) is 0 Å². The Morgan fingerprint density at radius 3 is 2.66 bits per heavy atom. The monoisotopic (exact) mass is 412 g/mol. The quantitative estimate of drug-likeness (QED) is 0.410. The Kier molecular flexibility index (Phi) is 6.56. The number of hydrogen-bond donors (Lipinski definition) is 0. The van der Waals surface area contributed by atoms with Crippen molar-refractivity contribution >= 4 is 28.5 Å². The third kappa shape index (κ3) is 5.03. The van der Waals surface area contributed by atoms with Crippen LogP contribution in [0.15, 0.2) is 47.6 Å². The van der Waals surface area contributed by atoms with Crippen molar-refractivity contribution in [3.05, 3.63) is 42.5 Å². The number of hydrogen-bond acceptors (Lipinski definition) is 6. The first-order chi connectivity index (χ1) is 14.2. The molecule has 2 aromatic carbocycles. The van der Waals surface area contributed by atoms with Crippen LogP contribution in [0.4, 0.5) is 5.95 Å². The highest BCUT2D eigenvalue weighted by atomic mass is 32.2. The molecule has 0 spiro atoms. The van der Waals surface area contributed by atoms with Gasteiger partial charge in [0.05, 0.1) is 19.8 Å². The minimum absolute atomic E-state index is 0.527. The maximum absolute atomic E-state index is 5.97. The summed E-state index contributed by atoms with van der Waals surface area (Å²) in [7, 11) is 0. The van der Waals surface area contributed by atoms with Gasteiger partial charge in [-0.2, -0.15) is 0 Å². The van der Waals surface area contributed by atoms with Crippen LogP contribution in [0.5, 0.6) is 5.75 Å². The largest absolute Gasteiger partial charge is 0.493 e. The molecule has 0 N–H and O–H groups in total. The van der Waals surface area contributed by atoms with Crippen LogP contribution in [0.1, 0.15) is 13.8 Å². The number of benzene rings is 2. The molecule has 4 rings (SSSR count). The van der Waals surface area contributed by atoms with E-state index in [4.69, 9.17) is 9.47 Å². The third-order valence-corrected chi connectivity index (χ3v) is 5.77. The van der Waals surface area contributed by atoms with Gasteiger partial charge in [0.25, 0.3) is 0 Å². The Balaban J connectivity index is 1.37. The van der Waals surface area contributed by atoms with Crippen molar-refractivity contribution in [3.8, 4) is 5.75 Å². The summed E-state index contributed by atoms with van der Waals surface area (Å²) in [5.41, 5.74) is 0. The van der Waals surface area contributed by atoms with Crippen molar-refractivity contribution < 1.29 is 9.47 Å². The molecular formula is C22H28N4O2S. The molecule has 1 aromatic heterocycles. The fourth-order valence-electron chi connectivity index (χ4n) is 3.46. The van der Waals surface area contributed by atoms with E-state index in [1.54, 1.807) is 11.8 Å². The zero-order chi connectivity index (χ0) is 20.1. The Bertz CT molecular complexity index is 937. The van der Waals surface area contributed by atoms with Gasteiger partial charge in [-0.25, -0.2) is 0 Å². The molecule has 29 heavy (non-hydrogen) atoms. The number of rotatable bonds is 8. The summed E-state index contributed by atoms with van der Waals surface area (Å²) in [6.07, 6.45) is 0. The number of thioether (sulfide) groups is 1. The zero-order valence-electron chi connectivity index (χ0n) is 17.1. The Labute approximate surface area is 176 Å². The van der Waals surface area contributed by atoms with E-state index in [1.165, 1.54) is 10.8 Å². The average Bonchev–Trinajstić information content (AvgIpc) is 3.13. The van der Waals surface area contributed by atoms with Crippen LogP contribution in [0.3, 0.4) is 0 Å². The molecule has 3 aromatic rings. The van der Waals surface area contributed by atoms with Gasteiger partial charge in [-0.05, 0) is 28.8 Å². The Morgan fingerprint density at radius 2 is 1.86 bits per heavy atom. The van der Waals surface area contributed by atoms with E-state index in [-0.39, 0.29) is 0 Å². The van der Waals surface area contributed by atoms with Crippen LogP contribution in [-0.4, -0.2) is 53.4 Å². The van der Waals surface area contributed by atoms with E-state index in [2.05, 4.69) is 69.9 Å². The first-order valence-electron chi connectivity index (χ1n) is 10.2. The predicted molar refractivity (Wildman–Crippen MR) is 118 cm³/mol. The minimum Gasteiger partial charge on any atom is -0.493 e. The first kappa shape index (κ1) is 20.0. The van der Waals surface area contributed by atoms with Crippen molar-refractivity contribution in [1.82, 2.24) is 14.8 Å². The highest BCUT2D eigenvalue weighted by Crippen LogP contribution is 2.25. The fraction of sp³-hybridized carbons (Fsp3) is 0.455. The first-order valence-corrected chi connectivity index (χ1v) is 11.2. The number of nitrogens with zero attached hydrogens (tertiary/aromatic N) is 4. The molecule has 0 unspecified atom stereocenters. The third-order valence-electron chi connectivity index (χ3n) is 4.84. The van der Waals surface area contributed by atoms with Crippen LogP contribution < -0.4 is 9.64 Å². The van der Waals surface area contributed by atoms with Crippen LogP contribution >= 0.6 is 11.8 Å². The maximum Gasteiger partial charge on any atom is 0.228 e. The summed E-state index contributed by atoms with van der Waals surface area (Å²) >= 11 is 1.70. The summed E-state index contributed by atoms with van der Waals surface area (Å²) in [4.78, 5) is 2.27. The molecule has 1 aliphatic heterocycles. The average molecular weight is 413 g/mol.